The SMILES string of the molecule is CC(=O)NC[C@H]1CN(c2ccc(N3CC4C(C3)C4NC(N)=O)c(F)c2)C(=O)O1. The summed E-state index contributed by atoms with van der Waals surface area (Å²) >= 11 is 0. The number of nitrogens with one attached hydrogen (secondary N) is 2. The zero-order chi connectivity index (χ0) is 20.0. The third-order valence-electron chi connectivity index (χ3n) is 5.54. The normalized spacial score (nSPS) is 28.0. The van der Waals surface area contributed by atoms with Crippen LogP contribution in [0.5, 0.6) is 0 Å². The second-order valence-electron chi connectivity index (χ2n) is 7.46. The Morgan fingerprint density at radius 2 is 2.00 bits per heavy atom. The number of benzene rings is 1. The maximum atomic E-state index is 14.7. The molecular weight excluding hydrogens is 369 g/mol. The monoisotopic (exact) mass is 391 g/mol. The first-order chi connectivity index (χ1) is 13.3. The van der Waals surface area contributed by atoms with Crippen LogP contribution in [0.15, 0.2) is 18.2 Å². The Morgan fingerprint density at radius 1 is 1.29 bits per heavy atom. The van der Waals surface area contributed by atoms with Crippen LogP contribution < -0.4 is 26.2 Å². The number of rotatable bonds is 5. The van der Waals surface area contributed by atoms with Gasteiger partial charge in [-0.1, -0.05) is 0 Å². The summed E-state index contributed by atoms with van der Waals surface area (Å²) in [7, 11) is 0. The standard InChI is InChI=1S/C18H22FN5O4/c1-9(25)21-5-11-6-24(18(27)28-11)10-2-3-15(14(19)4-10)23-7-12-13(8-23)16(12)22-17(20)26/h2-4,11-13,16H,5-8H2,1H3,(H,21,25)(H3,20,22,26)/t11-,12?,13?,16?/m0/s1. The van der Waals surface area contributed by atoms with Crippen LogP contribution in [0.2, 0.25) is 0 Å². The summed E-state index contributed by atoms with van der Waals surface area (Å²) in [6.07, 6.45) is -1.04. The quantitative estimate of drug-likeness (QED) is 0.671. The average Bonchev–Trinajstić information content (AvgIpc) is 2.99. The first kappa shape index (κ1) is 18.3. The molecule has 2 unspecified atom stereocenters. The van der Waals surface area contributed by atoms with E-state index >= 15 is 0 Å². The number of primary amides is 1. The summed E-state index contributed by atoms with van der Waals surface area (Å²) < 4.78 is 19.9. The van der Waals surface area contributed by atoms with E-state index in [1.54, 1.807) is 12.1 Å². The first-order valence-electron chi connectivity index (χ1n) is 9.16. The van der Waals surface area contributed by atoms with Crippen LogP contribution in [0, 0.1) is 17.7 Å². The van der Waals surface area contributed by atoms with E-state index in [1.165, 1.54) is 17.9 Å². The highest BCUT2D eigenvalue weighted by atomic mass is 19.1. The number of halogens is 1. The molecule has 3 aliphatic rings. The smallest absolute Gasteiger partial charge is 0.414 e. The van der Waals surface area contributed by atoms with Gasteiger partial charge < -0.3 is 26.0 Å². The van der Waals surface area contributed by atoms with Crippen molar-refractivity contribution in [2.24, 2.45) is 17.6 Å². The van der Waals surface area contributed by atoms with Gasteiger partial charge in [0.1, 0.15) is 11.9 Å². The van der Waals surface area contributed by atoms with Gasteiger partial charge in [0.05, 0.1) is 24.5 Å². The van der Waals surface area contributed by atoms with Crippen LogP contribution in [0.4, 0.5) is 25.4 Å². The van der Waals surface area contributed by atoms with E-state index in [1.807, 2.05) is 4.90 Å². The number of amides is 4. The highest BCUT2D eigenvalue weighted by molar-refractivity contribution is 5.90. The van der Waals surface area contributed by atoms with Gasteiger partial charge in [0.2, 0.25) is 5.91 Å². The minimum Gasteiger partial charge on any atom is -0.442 e. The van der Waals surface area contributed by atoms with Gasteiger partial charge in [0.25, 0.3) is 0 Å². The van der Waals surface area contributed by atoms with Crippen LogP contribution in [0.3, 0.4) is 0 Å². The van der Waals surface area contributed by atoms with E-state index in [0.717, 1.165) is 0 Å². The summed E-state index contributed by atoms with van der Waals surface area (Å²) in [5, 5.41) is 5.32. The van der Waals surface area contributed by atoms with Crippen molar-refractivity contribution >= 4 is 29.4 Å². The van der Waals surface area contributed by atoms with Gasteiger partial charge in [0.15, 0.2) is 0 Å². The summed E-state index contributed by atoms with van der Waals surface area (Å²) in [5.74, 6) is -0.0533. The Bertz CT molecular complexity index is 822. The summed E-state index contributed by atoms with van der Waals surface area (Å²) in [5.41, 5.74) is 6.03. The molecule has 0 aromatic heterocycles. The molecule has 1 aromatic carbocycles. The Balaban J connectivity index is 1.39. The number of anilines is 2. The second kappa shape index (κ2) is 6.84. The molecule has 28 heavy (non-hydrogen) atoms. The number of fused-ring (bicyclic) bond motifs is 1. The van der Waals surface area contributed by atoms with Gasteiger partial charge in [-0.25, -0.2) is 14.0 Å². The van der Waals surface area contributed by atoms with Gasteiger partial charge in [0, 0.05) is 37.9 Å². The number of cyclic esters (lactones) is 1. The van der Waals surface area contributed by atoms with E-state index in [0.29, 0.717) is 24.5 Å². The van der Waals surface area contributed by atoms with Crippen LogP contribution >= 0.6 is 0 Å². The maximum Gasteiger partial charge on any atom is 0.414 e. The number of nitrogens with two attached hydrogens (primary N) is 1. The van der Waals surface area contributed by atoms with Crippen LogP contribution in [0.25, 0.3) is 0 Å². The first-order valence-corrected chi connectivity index (χ1v) is 9.16. The van der Waals surface area contributed by atoms with Crippen molar-refractivity contribution in [3.8, 4) is 0 Å². The van der Waals surface area contributed by atoms with E-state index in [2.05, 4.69) is 10.6 Å². The number of nitrogens with zero attached hydrogens (tertiary/aromatic N) is 2. The molecule has 4 N–H and O–H groups in total. The van der Waals surface area contributed by atoms with E-state index in [9.17, 15) is 18.8 Å². The van der Waals surface area contributed by atoms with E-state index in [-0.39, 0.29) is 36.9 Å². The topological polar surface area (TPSA) is 117 Å². The molecule has 3 fully saturated rings. The number of hydrogen-bond donors (Lipinski definition) is 3. The molecule has 1 aromatic rings. The van der Waals surface area contributed by atoms with Crippen LogP contribution in [-0.4, -0.2) is 56.4 Å². The number of carbonyl (C=O) groups excluding carboxylic acids is 3. The number of ether oxygens (including phenoxy) is 1. The largest absolute Gasteiger partial charge is 0.442 e. The van der Waals surface area contributed by atoms with Crippen molar-refractivity contribution < 1.29 is 23.5 Å². The van der Waals surface area contributed by atoms with Gasteiger partial charge in [-0.3, -0.25) is 9.69 Å². The molecule has 3 atom stereocenters. The third-order valence-corrected chi connectivity index (χ3v) is 5.54. The predicted molar refractivity (Wildman–Crippen MR) is 98.4 cm³/mol. The van der Waals surface area contributed by atoms with Gasteiger partial charge >= 0.3 is 12.1 Å². The third kappa shape index (κ3) is 3.41. The Kier molecular flexibility index (Phi) is 4.48. The fourth-order valence-corrected chi connectivity index (χ4v) is 4.12. The number of piperidine rings is 1. The molecule has 1 aliphatic carbocycles. The maximum absolute atomic E-state index is 14.7. The van der Waals surface area contributed by atoms with Gasteiger partial charge in [-0.2, -0.15) is 0 Å². The van der Waals surface area contributed by atoms with Crippen molar-refractivity contribution in [3.63, 3.8) is 0 Å². The molecule has 10 heteroatoms. The van der Waals surface area contributed by atoms with Crippen LogP contribution in [-0.2, 0) is 9.53 Å². The Morgan fingerprint density at radius 3 is 2.61 bits per heavy atom. The van der Waals surface area contributed by atoms with Crippen molar-refractivity contribution in [2.75, 3.05) is 36.0 Å². The minimum absolute atomic E-state index is 0.0796. The number of hydrogen-bond acceptors (Lipinski definition) is 5. The summed E-state index contributed by atoms with van der Waals surface area (Å²) in [6, 6.07) is 4.21. The van der Waals surface area contributed by atoms with Gasteiger partial charge in [-0.05, 0) is 18.2 Å². The zero-order valence-electron chi connectivity index (χ0n) is 15.4. The molecule has 9 nitrogen and oxygen atoms in total. The molecule has 2 heterocycles. The molecule has 4 amide bonds. The Hall–Kier alpha value is -3.04. The molecule has 4 rings (SSSR count). The number of carbonyl (C=O) groups is 3. The highest BCUT2D eigenvalue weighted by Crippen LogP contribution is 2.47. The fraction of sp³-hybridized carbons (Fsp3) is 0.500. The molecule has 2 aliphatic heterocycles. The summed E-state index contributed by atoms with van der Waals surface area (Å²) in [6.45, 7) is 3.14. The molecule has 1 saturated carbocycles. The van der Waals surface area contributed by atoms with Crippen molar-refractivity contribution in [1.29, 1.82) is 0 Å². The second-order valence-corrected chi connectivity index (χ2v) is 7.46. The van der Waals surface area contributed by atoms with E-state index in [4.69, 9.17) is 10.5 Å². The average molecular weight is 391 g/mol. The van der Waals surface area contributed by atoms with Gasteiger partial charge in [-0.15, -0.1) is 0 Å². The lowest BCUT2D eigenvalue weighted by atomic mass is 10.2. The lowest BCUT2D eigenvalue weighted by Gasteiger charge is -2.23. The Labute approximate surface area is 161 Å². The van der Waals surface area contributed by atoms with Crippen LogP contribution in [0.1, 0.15) is 6.92 Å². The summed E-state index contributed by atoms with van der Waals surface area (Å²) in [4.78, 5) is 37.3. The number of urea groups is 1. The zero-order valence-corrected chi connectivity index (χ0v) is 15.4. The van der Waals surface area contributed by atoms with Crippen molar-refractivity contribution in [1.82, 2.24) is 10.6 Å². The lowest BCUT2D eigenvalue weighted by molar-refractivity contribution is -0.119. The molecular formula is C18H22FN5O4. The molecule has 0 bridgehead atoms. The minimum atomic E-state index is -0.565. The highest BCUT2D eigenvalue weighted by Gasteiger charge is 2.56. The van der Waals surface area contributed by atoms with Crippen molar-refractivity contribution in [2.45, 2.75) is 19.1 Å². The fourth-order valence-electron chi connectivity index (χ4n) is 4.12. The molecule has 150 valence electrons. The molecule has 0 radical (unpaired) electrons. The van der Waals surface area contributed by atoms with E-state index < -0.39 is 24.0 Å². The lowest BCUT2D eigenvalue weighted by Crippen LogP contribution is -2.37. The molecule has 0 spiro atoms. The predicted octanol–water partition coefficient (Wildman–Crippen LogP) is 0.390. The molecule has 2 saturated heterocycles. The van der Waals surface area contributed by atoms with Crippen molar-refractivity contribution in [3.05, 3.63) is 24.0 Å².